The third-order valence-corrected chi connectivity index (χ3v) is 4.27. The second-order valence-electron chi connectivity index (χ2n) is 6.55. The Morgan fingerprint density at radius 3 is 2.73 bits per heavy atom. The summed E-state index contributed by atoms with van der Waals surface area (Å²) in [6, 6.07) is 15.3. The van der Waals surface area contributed by atoms with Gasteiger partial charge in [-0.05, 0) is 67.4 Å². The van der Waals surface area contributed by atoms with Crippen LogP contribution in [0.3, 0.4) is 0 Å². The lowest BCUT2D eigenvalue weighted by Gasteiger charge is -2.14. The van der Waals surface area contributed by atoms with Crippen LogP contribution in [0.5, 0.6) is 17.2 Å². The molecule has 2 aromatic carbocycles. The van der Waals surface area contributed by atoms with Crippen molar-refractivity contribution in [3.63, 3.8) is 0 Å². The lowest BCUT2D eigenvalue weighted by atomic mass is 10.1. The number of hydrogen-bond donors (Lipinski definition) is 1. The molecule has 3 aromatic rings. The first-order valence-corrected chi connectivity index (χ1v) is 9.64. The molecule has 6 heteroatoms. The Bertz CT molecular complexity index is 1020. The van der Waals surface area contributed by atoms with Crippen LogP contribution in [0.4, 0.5) is 4.39 Å². The summed E-state index contributed by atoms with van der Waals surface area (Å²) >= 11 is 0. The number of nitrogens with zero attached hydrogens (tertiary/aromatic N) is 1. The summed E-state index contributed by atoms with van der Waals surface area (Å²) in [5.74, 6) is 0.493. The zero-order valence-electron chi connectivity index (χ0n) is 16.8. The predicted octanol–water partition coefficient (Wildman–Crippen LogP) is 5.30. The van der Waals surface area contributed by atoms with Gasteiger partial charge in [0.05, 0.1) is 18.8 Å². The van der Waals surface area contributed by atoms with Crippen molar-refractivity contribution in [3.05, 3.63) is 90.0 Å². The molecule has 1 heterocycles. The molecule has 0 saturated heterocycles. The maximum absolute atomic E-state index is 14.3. The topological polar surface area (TPSA) is 60.5 Å². The zero-order valence-corrected chi connectivity index (χ0v) is 16.8. The lowest BCUT2D eigenvalue weighted by Crippen LogP contribution is -2.24. The summed E-state index contributed by atoms with van der Waals surface area (Å²) in [4.78, 5) is 16.2. The quantitative estimate of drug-likeness (QED) is 0.516. The van der Waals surface area contributed by atoms with Gasteiger partial charge in [-0.3, -0.25) is 9.78 Å². The van der Waals surface area contributed by atoms with E-state index in [1.165, 1.54) is 24.4 Å². The van der Waals surface area contributed by atoms with Gasteiger partial charge in [0, 0.05) is 12.3 Å². The average molecular weight is 406 g/mol. The van der Waals surface area contributed by atoms with Gasteiger partial charge in [-0.2, -0.15) is 0 Å². The Kier molecular flexibility index (Phi) is 7.16. The van der Waals surface area contributed by atoms with E-state index in [4.69, 9.17) is 9.47 Å². The van der Waals surface area contributed by atoms with Gasteiger partial charge >= 0.3 is 0 Å². The van der Waals surface area contributed by atoms with Crippen LogP contribution in [0.25, 0.3) is 6.08 Å². The van der Waals surface area contributed by atoms with Gasteiger partial charge in [-0.25, -0.2) is 4.39 Å². The minimum atomic E-state index is -0.525. The molecule has 30 heavy (non-hydrogen) atoms. The van der Waals surface area contributed by atoms with E-state index in [1.54, 1.807) is 30.5 Å². The molecule has 3 rings (SSSR count). The number of aromatic nitrogens is 1. The van der Waals surface area contributed by atoms with Gasteiger partial charge in [0.15, 0.2) is 11.6 Å². The van der Waals surface area contributed by atoms with Gasteiger partial charge in [-0.1, -0.05) is 18.2 Å². The summed E-state index contributed by atoms with van der Waals surface area (Å²) in [5.41, 5.74) is 1.48. The number of amides is 1. The molecule has 1 amide bonds. The third-order valence-electron chi connectivity index (χ3n) is 4.27. The molecular formula is C24H23FN2O3. The van der Waals surface area contributed by atoms with Crippen molar-refractivity contribution in [1.29, 1.82) is 0 Å². The van der Waals surface area contributed by atoms with Crippen molar-refractivity contribution in [2.75, 3.05) is 6.61 Å². The SMILES string of the molecule is CCOc1cccc(C(C)NC(=O)/C=C/c2ccc(Oc3cccnc3)c(F)c2)c1. The number of carbonyl (C=O) groups is 1. The summed E-state index contributed by atoms with van der Waals surface area (Å²) < 4.78 is 25.3. The van der Waals surface area contributed by atoms with Gasteiger partial charge in [0.2, 0.25) is 5.91 Å². The molecule has 1 atom stereocenters. The highest BCUT2D eigenvalue weighted by Gasteiger charge is 2.09. The number of ether oxygens (including phenoxy) is 2. The number of pyridine rings is 1. The molecule has 154 valence electrons. The number of nitrogens with one attached hydrogen (secondary N) is 1. The molecule has 1 aromatic heterocycles. The van der Waals surface area contributed by atoms with Gasteiger partial charge in [0.1, 0.15) is 11.5 Å². The fourth-order valence-corrected chi connectivity index (χ4v) is 2.80. The number of hydrogen-bond acceptors (Lipinski definition) is 4. The molecule has 5 nitrogen and oxygen atoms in total. The maximum atomic E-state index is 14.3. The Labute approximate surface area is 175 Å². The minimum Gasteiger partial charge on any atom is -0.494 e. The van der Waals surface area contributed by atoms with Gasteiger partial charge in [0.25, 0.3) is 0 Å². The normalized spacial score (nSPS) is 11.8. The van der Waals surface area contributed by atoms with Crippen molar-refractivity contribution in [1.82, 2.24) is 10.3 Å². The van der Waals surface area contributed by atoms with Crippen LogP contribution in [0.1, 0.15) is 31.0 Å². The number of carbonyl (C=O) groups excluding carboxylic acids is 1. The second kappa shape index (κ2) is 10.2. The van der Waals surface area contributed by atoms with E-state index < -0.39 is 5.82 Å². The van der Waals surface area contributed by atoms with E-state index in [9.17, 15) is 9.18 Å². The van der Waals surface area contributed by atoms with Crippen LogP contribution in [-0.4, -0.2) is 17.5 Å². The smallest absolute Gasteiger partial charge is 0.244 e. The molecule has 0 fully saturated rings. The molecule has 0 aliphatic rings. The molecular weight excluding hydrogens is 383 g/mol. The number of halogens is 1. The maximum Gasteiger partial charge on any atom is 0.244 e. The highest BCUT2D eigenvalue weighted by molar-refractivity contribution is 5.92. The Morgan fingerprint density at radius 2 is 2.00 bits per heavy atom. The molecule has 0 bridgehead atoms. The van der Waals surface area contributed by atoms with Gasteiger partial charge < -0.3 is 14.8 Å². The number of rotatable bonds is 8. The summed E-state index contributed by atoms with van der Waals surface area (Å²) in [6.45, 7) is 4.39. The highest BCUT2D eigenvalue weighted by Crippen LogP contribution is 2.25. The predicted molar refractivity (Wildman–Crippen MR) is 114 cm³/mol. The summed E-state index contributed by atoms with van der Waals surface area (Å²) in [6.07, 6.45) is 6.04. The second-order valence-corrected chi connectivity index (χ2v) is 6.55. The molecule has 0 radical (unpaired) electrons. The lowest BCUT2D eigenvalue weighted by molar-refractivity contribution is -0.117. The largest absolute Gasteiger partial charge is 0.494 e. The third kappa shape index (κ3) is 5.91. The van der Waals surface area contributed by atoms with E-state index in [2.05, 4.69) is 10.3 Å². The van der Waals surface area contributed by atoms with Crippen LogP contribution < -0.4 is 14.8 Å². The molecule has 1 unspecified atom stereocenters. The van der Waals surface area contributed by atoms with E-state index in [0.717, 1.165) is 11.3 Å². The fourth-order valence-electron chi connectivity index (χ4n) is 2.80. The minimum absolute atomic E-state index is 0.0902. The Hall–Kier alpha value is -3.67. The van der Waals surface area contributed by atoms with Crippen LogP contribution in [0, 0.1) is 5.82 Å². The molecule has 0 aliphatic carbocycles. The van der Waals surface area contributed by atoms with Crippen molar-refractivity contribution in [3.8, 4) is 17.2 Å². The van der Waals surface area contributed by atoms with Crippen molar-refractivity contribution in [2.45, 2.75) is 19.9 Å². The molecule has 0 aliphatic heterocycles. The first-order valence-electron chi connectivity index (χ1n) is 9.64. The summed E-state index contributed by atoms with van der Waals surface area (Å²) in [5, 5.41) is 2.89. The molecule has 0 spiro atoms. The fraction of sp³-hybridized carbons (Fsp3) is 0.167. The van der Waals surface area contributed by atoms with Gasteiger partial charge in [-0.15, -0.1) is 0 Å². The Balaban J connectivity index is 1.60. The molecule has 1 N–H and O–H groups in total. The van der Waals surface area contributed by atoms with Crippen molar-refractivity contribution < 1.29 is 18.7 Å². The van der Waals surface area contributed by atoms with Crippen molar-refractivity contribution in [2.24, 2.45) is 0 Å². The van der Waals surface area contributed by atoms with E-state index >= 15 is 0 Å². The zero-order chi connectivity index (χ0) is 21.3. The van der Waals surface area contributed by atoms with E-state index in [-0.39, 0.29) is 17.7 Å². The van der Waals surface area contributed by atoms with E-state index in [0.29, 0.717) is 17.9 Å². The van der Waals surface area contributed by atoms with Crippen LogP contribution in [-0.2, 0) is 4.79 Å². The highest BCUT2D eigenvalue weighted by atomic mass is 19.1. The van der Waals surface area contributed by atoms with Crippen LogP contribution >= 0.6 is 0 Å². The standard InChI is InChI=1S/C24H23FN2O3/c1-3-29-20-7-4-6-19(15-20)17(2)27-24(28)12-10-18-9-11-23(22(25)14-18)30-21-8-5-13-26-16-21/h4-17H,3H2,1-2H3,(H,27,28)/b12-10+. The average Bonchev–Trinajstić information content (AvgIpc) is 2.75. The Morgan fingerprint density at radius 1 is 1.17 bits per heavy atom. The first-order chi connectivity index (χ1) is 14.5. The summed E-state index contributed by atoms with van der Waals surface area (Å²) in [7, 11) is 0. The monoisotopic (exact) mass is 406 g/mol. The van der Waals surface area contributed by atoms with E-state index in [1.807, 2.05) is 38.1 Å². The van der Waals surface area contributed by atoms with Crippen LogP contribution in [0.2, 0.25) is 0 Å². The first kappa shape index (κ1) is 21.0. The number of benzene rings is 2. The van der Waals surface area contributed by atoms with Crippen molar-refractivity contribution >= 4 is 12.0 Å². The molecule has 0 saturated carbocycles. The van der Waals surface area contributed by atoms with Crippen LogP contribution in [0.15, 0.2) is 73.1 Å².